The van der Waals surface area contributed by atoms with Crippen LogP contribution >= 0.6 is 10.7 Å². The first-order valence-electron chi connectivity index (χ1n) is 5.60. The molecule has 0 spiro atoms. The molecule has 0 unspecified atom stereocenters. The summed E-state index contributed by atoms with van der Waals surface area (Å²) >= 11 is 0. The maximum Gasteiger partial charge on any atom is 0.389 e. The Bertz CT molecular complexity index is 631. The van der Waals surface area contributed by atoms with Crippen molar-refractivity contribution in [3.8, 4) is 0 Å². The third-order valence-electron chi connectivity index (χ3n) is 2.39. The lowest BCUT2D eigenvalue weighted by atomic mass is 10.2. The lowest BCUT2D eigenvalue weighted by Crippen LogP contribution is -2.26. The monoisotopic (exact) mass is 347 g/mol. The molecule has 0 saturated carbocycles. The Balaban J connectivity index is 2.67. The Labute approximate surface area is 122 Å². The molecule has 1 aromatic carbocycles. The van der Waals surface area contributed by atoms with Gasteiger partial charge in [0.05, 0.1) is 10.5 Å². The van der Waals surface area contributed by atoms with Gasteiger partial charge in [0, 0.05) is 23.6 Å². The fraction of sp³-hybridized carbons (Fsp3) is 0.364. The van der Waals surface area contributed by atoms with Crippen LogP contribution in [0.15, 0.2) is 23.1 Å². The molecule has 10 heteroatoms. The first-order valence-corrected chi connectivity index (χ1v) is 7.91. The minimum absolute atomic E-state index is 0.284. The van der Waals surface area contributed by atoms with Crippen molar-refractivity contribution in [1.82, 2.24) is 5.32 Å². The van der Waals surface area contributed by atoms with Crippen molar-refractivity contribution in [2.75, 3.05) is 6.54 Å². The number of carbonyl (C=O) groups is 1. The smallest absolute Gasteiger partial charge is 0.352 e. The first kappa shape index (κ1) is 17.7. The van der Waals surface area contributed by atoms with E-state index in [4.69, 9.17) is 10.7 Å². The highest BCUT2D eigenvalue weighted by Crippen LogP contribution is 2.21. The minimum atomic E-state index is -4.33. The molecule has 0 aliphatic carbocycles. The van der Waals surface area contributed by atoms with E-state index in [0.717, 1.165) is 12.1 Å². The number of nitrogens with one attached hydrogen (secondary N) is 1. The number of hydrogen-bond donors (Lipinski definition) is 1. The summed E-state index contributed by atoms with van der Waals surface area (Å²) < 4.78 is 71.1. The Morgan fingerprint density at radius 1 is 1.29 bits per heavy atom. The van der Waals surface area contributed by atoms with Crippen LogP contribution in [0.1, 0.15) is 23.2 Å². The summed E-state index contributed by atoms with van der Waals surface area (Å²) in [4.78, 5) is 11.0. The van der Waals surface area contributed by atoms with Crippen LogP contribution in [-0.4, -0.2) is 27.0 Å². The molecule has 1 aromatic rings. The van der Waals surface area contributed by atoms with E-state index in [1.807, 2.05) is 0 Å². The van der Waals surface area contributed by atoms with Gasteiger partial charge in [-0.15, -0.1) is 0 Å². The minimum Gasteiger partial charge on any atom is -0.352 e. The average molecular weight is 348 g/mol. The zero-order valence-corrected chi connectivity index (χ0v) is 11.9. The SMILES string of the molecule is O=C(NCCCC(F)(F)F)c1ccc(S(=O)(=O)Cl)cc1F. The van der Waals surface area contributed by atoms with Crippen molar-refractivity contribution in [3.63, 3.8) is 0 Å². The number of alkyl halides is 3. The molecule has 0 fully saturated rings. The predicted octanol–water partition coefficient (Wildman–Crippen LogP) is 2.83. The van der Waals surface area contributed by atoms with Gasteiger partial charge in [-0.3, -0.25) is 4.79 Å². The molecule has 0 heterocycles. The zero-order chi connectivity index (χ0) is 16.3. The predicted molar refractivity (Wildman–Crippen MR) is 67.1 cm³/mol. The maximum atomic E-state index is 13.6. The summed E-state index contributed by atoms with van der Waals surface area (Å²) in [5, 5.41) is 2.11. The van der Waals surface area contributed by atoms with Gasteiger partial charge in [0.2, 0.25) is 0 Å². The molecule has 0 aliphatic heterocycles. The van der Waals surface area contributed by atoms with E-state index in [9.17, 15) is 30.8 Å². The van der Waals surface area contributed by atoms with Gasteiger partial charge in [0.25, 0.3) is 15.0 Å². The van der Waals surface area contributed by atoms with Gasteiger partial charge >= 0.3 is 6.18 Å². The van der Waals surface area contributed by atoms with E-state index in [1.165, 1.54) is 0 Å². The van der Waals surface area contributed by atoms with Crippen molar-refractivity contribution in [1.29, 1.82) is 0 Å². The van der Waals surface area contributed by atoms with Crippen LogP contribution in [0, 0.1) is 5.82 Å². The summed E-state index contributed by atoms with van der Waals surface area (Å²) in [5.74, 6) is -2.07. The van der Waals surface area contributed by atoms with Gasteiger partial charge in [-0.2, -0.15) is 13.2 Å². The fourth-order valence-electron chi connectivity index (χ4n) is 1.42. The van der Waals surface area contributed by atoms with Crippen molar-refractivity contribution >= 4 is 25.6 Å². The van der Waals surface area contributed by atoms with Crippen LogP contribution < -0.4 is 5.32 Å². The zero-order valence-electron chi connectivity index (χ0n) is 10.4. The van der Waals surface area contributed by atoms with Crippen LogP contribution in [0.3, 0.4) is 0 Å². The van der Waals surface area contributed by atoms with Crippen LogP contribution in [0.5, 0.6) is 0 Å². The van der Waals surface area contributed by atoms with Crippen molar-refractivity contribution in [3.05, 3.63) is 29.6 Å². The summed E-state index contributed by atoms with van der Waals surface area (Å²) in [7, 11) is 0.876. The van der Waals surface area contributed by atoms with Crippen molar-refractivity contribution in [2.45, 2.75) is 23.9 Å². The van der Waals surface area contributed by atoms with Crippen LogP contribution in [0.2, 0.25) is 0 Å². The van der Waals surface area contributed by atoms with Crippen molar-refractivity contribution < 1.29 is 30.8 Å². The fourth-order valence-corrected chi connectivity index (χ4v) is 2.18. The van der Waals surface area contributed by atoms with Gasteiger partial charge in [-0.1, -0.05) is 0 Å². The van der Waals surface area contributed by atoms with Crippen LogP contribution in [0.25, 0.3) is 0 Å². The second-order valence-electron chi connectivity index (χ2n) is 4.05. The number of amides is 1. The summed E-state index contributed by atoms with van der Waals surface area (Å²) in [6, 6.07) is 2.38. The van der Waals surface area contributed by atoms with Gasteiger partial charge in [0.1, 0.15) is 5.82 Å². The number of halogens is 5. The maximum absolute atomic E-state index is 13.6. The Kier molecular flexibility index (Phi) is 5.57. The molecule has 1 N–H and O–H groups in total. The average Bonchev–Trinajstić information content (AvgIpc) is 2.32. The second-order valence-corrected chi connectivity index (χ2v) is 6.62. The van der Waals surface area contributed by atoms with E-state index in [-0.39, 0.29) is 13.0 Å². The van der Waals surface area contributed by atoms with Crippen molar-refractivity contribution in [2.24, 2.45) is 0 Å². The molecule has 0 aliphatic rings. The van der Waals surface area contributed by atoms with E-state index < -0.39 is 43.8 Å². The molecule has 0 saturated heterocycles. The number of carbonyl (C=O) groups excluding carboxylic acids is 1. The van der Waals surface area contributed by atoms with E-state index >= 15 is 0 Å². The van der Waals surface area contributed by atoms with Crippen LogP contribution in [-0.2, 0) is 9.05 Å². The molecular formula is C11H10ClF4NO3S. The molecule has 1 amide bonds. The standard InChI is InChI=1S/C11H10ClF4NO3S/c12-21(19,20)7-2-3-8(9(13)6-7)10(18)17-5-1-4-11(14,15)16/h2-3,6H,1,4-5H2,(H,17,18). The van der Waals surface area contributed by atoms with E-state index in [2.05, 4.69) is 5.32 Å². The molecule has 1 rings (SSSR count). The molecule has 0 aromatic heterocycles. The Morgan fingerprint density at radius 3 is 2.38 bits per heavy atom. The molecule has 0 radical (unpaired) electrons. The Morgan fingerprint density at radius 2 is 1.90 bits per heavy atom. The lowest BCUT2D eigenvalue weighted by molar-refractivity contribution is -0.135. The Hall–Kier alpha value is -1.35. The van der Waals surface area contributed by atoms with E-state index in [0.29, 0.717) is 6.07 Å². The normalized spacial score (nSPS) is 12.2. The van der Waals surface area contributed by atoms with Crippen LogP contribution in [0.4, 0.5) is 17.6 Å². The molecule has 4 nitrogen and oxygen atoms in total. The first-order chi connectivity index (χ1) is 9.50. The van der Waals surface area contributed by atoms with Gasteiger partial charge in [0.15, 0.2) is 0 Å². The third-order valence-corrected chi connectivity index (χ3v) is 3.74. The molecule has 0 bridgehead atoms. The summed E-state index contributed by atoms with van der Waals surface area (Å²) in [5.41, 5.74) is -0.480. The quantitative estimate of drug-likeness (QED) is 0.506. The second kappa shape index (κ2) is 6.61. The van der Waals surface area contributed by atoms with E-state index in [1.54, 1.807) is 0 Å². The molecule has 21 heavy (non-hydrogen) atoms. The number of rotatable bonds is 5. The number of hydrogen-bond acceptors (Lipinski definition) is 3. The highest BCUT2D eigenvalue weighted by molar-refractivity contribution is 8.13. The molecule has 0 atom stereocenters. The molecule has 118 valence electrons. The number of benzene rings is 1. The topological polar surface area (TPSA) is 63.2 Å². The highest BCUT2D eigenvalue weighted by atomic mass is 35.7. The summed E-state index contributed by atoms with van der Waals surface area (Å²) in [6.45, 7) is -0.284. The third kappa shape index (κ3) is 5.88. The summed E-state index contributed by atoms with van der Waals surface area (Å²) in [6.07, 6.45) is -5.74. The van der Waals surface area contributed by atoms with Gasteiger partial charge in [-0.25, -0.2) is 12.8 Å². The van der Waals surface area contributed by atoms with Gasteiger partial charge in [-0.05, 0) is 24.6 Å². The highest BCUT2D eigenvalue weighted by Gasteiger charge is 2.26. The molecular weight excluding hydrogens is 338 g/mol. The largest absolute Gasteiger partial charge is 0.389 e. The van der Waals surface area contributed by atoms with Gasteiger partial charge < -0.3 is 5.32 Å². The lowest BCUT2D eigenvalue weighted by Gasteiger charge is -2.08.